The van der Waals surface area contributed by atoms with Crippen molar-refractivity contribution in [2.24, 2.45) is 0 Å². The molecular formula is C20H21ClN8O4S. The molecule has 0 aliphatic carbocycles. The first-order chi connectivity index (χ1) is 16.3. The molecule has 0 saturated heterocycles. The van der Waals surface area contributed by atoms with Crippen LogP contribution in [0, 0.1) is 0 Å². The van der Waals surface area contributed by atoms with Crippen molar-refractivity contribution in [2.45, 2.75) is 31.6 Å². The van der Waals surface area contributed by atoms with E-state index in [0.29, 0.717) is 33.8 Å². The number of hydrogen-bond acceptors (Lipinski definition) is 10. The van der Waals surface area contributed by atoms with Crippen LogP contribution in [0.3, 0.4) is 0 Å². The van der Waals surface area contributed by atoms with Crippen LogP contribution >= 0.6 is 11.6 Å². The summed E-state index contributed by atoms with van der Waals surface area (Å²) in [6.45, 7) is 3.48. The quantitative estimate of drug-likeness (QED) is 0.360. The Bertz CT molecular complexity index is 1360. The Morgan fingerprint density at radius 2 is 1.94 bits per heavy atom. The van der Waals surface area contributed by atoms with E-state index in [1.54, 1.807) is 36.6 Å². The molecule has 34 heavy (non-hydrogen) atoms. The number of aromatic nitrogens is 7. The Labute approximate surface area is 200 Å². The van der Waals surface area contributed by atoms with Gasteiger partial charge in [-0.25, -0.2) is 23.4 Å². The molecule has 0 radical (unpaired) electrons. The molecule has 0 fully saturated rings. The van der Waals surface area contributed by atoms with Crippen LogP contribution in [0.25, 0.3) is 11.5 Å². The highest BCUT2D eigenvalue weighted by Gasteiger charge is 2.31. The zero-order valence-electron chi connectivity index (χ0n) is 18.5. The summed E-state index contributed by atoms with van der Waals surface area (Å²) in [6, 6.07) is 5.16. The first-order valence-electron chi connectivity index (χ1n) is 10.1. The lowest BCUT2D eigenvalue weighted by molar-refractivity contribution is 0.398. The van der Waals surface area contributed by atoms with Crippen LogP contribution in [0.4, 0.5) is 5.95 Å². The summed E-state index contributed by atoms with van der Waals surface area (Å²) in [5.74, 6) is 0.555. The van der Waals surface area contributed by atoms with Gasteiger partial charge in [-0.1, -0.05) is 29.7 Å². The van der Waals surface area contributed by atoms with Crippen LogP contribution in [-0.2, 0) is 16.6 Å². The molecule has 14 heteroatoms. The average molecular weight is 505 g/mol. The molecule has 0 aliphatic rings. The lowest BCUT2D eigenvalue weighted by Crippen LogP contribution is -2.31. The van der Waals surface area contributed by atoms with Gasteiger partial charge in [-0.05, 0) is 13.0 Å². The molecule has 0 spiro atoms. The first-order valence-corrected chi connectivity index (χ1v) is 12.0. The summed E-state index contributed by atoms with van der Waals surface area (Å²) in [6.07, 6.45) is 5.82. The lowest BCUT2D eigenvalue weighted by atomic mass is 10.1. The van der Waals surface area contributed by atoms with Gasteiger partial charge in [0.2, 0.25) is 21.9 Å². The number of pyridine rings is 1. The fraction of sp³-hybridized carbons (Fsp3) is 0.300. The molecule has 4 aromatic heterocycles. The van der Waals surface area contributed by atoms with Gasteiger partial charge in [0, 0.05) is 29.9 Å². The second-order valence-corrected chi connectivity index (χ2v) is 9.91. The van der Waals surface area contributed by atoms with E-state index in [4.69, 9.17) is 20.9 Å². The van der Waals surface area contributed by atoms with Gasteiger partial charge in [0.05, 0.1) is 30.1 Å². The molecular weight excluding hydrogens is 484 g/mol. The highest BCUT2D eigenvalue weighted by atomic mass is 35.5. The summed E-state index contributed by atoms with van der Waals surface area (Å²) < 4.78 is 40.7. The van der Waals surface area contributed by atoms with Gasteiger partial charge in [0.25, 0.3) is 0 Å². The standard InChI is InChI=1S/C20H21ClN8O4S/c1-12(18-22-8-15(21)9-23-18)13(2)34(30,31)28-20-27-26-19(16-5-4-6-17(25-16)32-3)29(20)10-14-7-24-33-11-14/h4-9,11-13H,10H2,1-3H3,(H,27,28). The van der Waals surface area contributed by atoms with Crippen LogP contribution in [0.15, 0.2) is 47.6 Å². The smallest absolute Gasteiger partial charge is 0.238 e. The molecule has 4 aromatic rings. The number of methoxy groups -OCH3 is 1. The summed E-state index contributed by atoms with van der Waals surface area (Å²) in [5, 5.41) is 11.4. The number of rotatable bonds is 9. The number of hydrogen-bond donors (Lipinski definition) is 1. The molecule has 12 nitrogen and oxygen atoms in total. The van der Waals surface area contributed by atoms with Crippen molar-refractivity contribution >= 4 is 27.6 Å². The van der Waals surface area contributed by atoms with Crippen molar-refractivity contribution in [3.8, 4) is 17.4 Å². The maximum atomic E-state index is 13.2. The molecule has 0 amide bonds. The van der Waals surface area contributed by atoms with Crippen LogP contribution in [-0.4, -0.2) is 55.7 Å². The van der Waals surface area contributed by atoms with E-state index >= 15 is 0 Å². The van der Waals surface area contributed by atoms with Gasteiger partial charge < -0.3 is 9.26 Å². The van der Waals surface area contributed by atoms with Gasteiger partial charge in [-0.3, -0.25) is 9.29 Å². The Balaban J connectivity index is 1.67. The Morgan fingerprint density at radius 1 is 1.18 bits per heavy atom. The van der Waals surface area contributed by atoms with Gasteiger partial charge in [0.15, 0.2) is 5.82 Å². The Kier molecular flexibility index (Phi) is 6.75. The molecule has 4 heterocycles. The van der Waals surface area contributed by atoms with E-state index in [1.165, 1.54) is 32.0 Å². The SMILES string of the molecule is COc1cccc(-c2nnc(NS(=O)(=O)C(C)C(C)c3ncc(Cl)cn3)n2Cc2cnoc2)n1. The maximum Gasteiger partial charge on any atom is 0.238 e. The van der Waals surface area contributed by atoms with E-state index < -0.39 is 21.2 Å². The highest BCUT2D eigenvalue weighted by molar-refractivity contribution is 7.93. The van der Waals surface area contributed by atoms with E-state index in [2.05, 4.69) is 35.0 Å². The Morgan fingerprint density at radius 3 is 2.62 bits per heavy atom. The van der Waals surface area contributed by atoms with Crippen LogP contribution in [0.1, 0.15) is 31.2 Å². The average Bonchev–Trinajstić information content (AvgIpc) is 3.49. The second-order valence-electron chi connectivity index (χ2n) is 7.43. The lowest BCUT2D eigenvalue weighted by Gasteiger charge is -2.20. The van der Waals surface area contributed by atoms with Crippen LogP contribution in [0.2, 0.25) is 5.02 Å². The van der Waals surface area contributed by atoms with Gasteiger partial charge in [0.1, 0.15) is 17.8 Å². The molecule has 2 atom stereocenters. The van der Waals surface area contributed by atoms with E-state index in [-0.39, 0.29) is 12.5 Å². The predicted molar refractivity (Wildman–Crippen MR) is 123 cm³/mol. The minimum absolute atomic E-state index is 0.0110. The number of sulfonamides is 1. The zero-order valence-corrected chi connectivity index (χ0v) is 20.0. The summed E-state index contributed by atoms with van der Waals surface area (Å²) >= 11 is 5.84. The first kappa shape index (κ1) is 23.6. The zero-order chi connectivity index (χ0) is 24.3. The molecule has 0 aliphatic heterocycles. The predicted octanol–water partition coefficient (Wildman–Crippen LogP) is 2.76. The third kappa shape index (κ3) is 4.99. The van der Waals surface area contributed by atoms with E-state index in [0.717, 1.165) is 0 Å². The number of nitrogens with zero attached hydrogens (tertiary/aromatic N) is 7. The maximum absolute atomic E-state index is 13.2. The number of anilines is 1. The van der Waals surface area contributed by atoms with Gasteiger partial charge >= 0.3 is 0 Å². The number of ether oxygens (including phenoxy) is 1. The van der Waals surface area contributed by atoms with Gasteiger partial charge in [-0.2, -0.15) is 0 Å². The monoisotopic (exact) mass is 504 g/mol. The van der Waals surface area contributed by atoms with Crippen molar-refractivity contribution in [2.75, 3.05) is 11.8 Å². The summed E-state index contributed by atoms with van der Waals surface area (Å²) in [7, 11) is -2.42. The summed E-state index contributed by atoms with van der Waals surface area (Å²) in [4.78, 5) is 12.7. The Hall–Kier alpha value is -3.58. The third-order valence-corrected chi connectivity index (χ3v) is 7.26. The molecule has 2 unspecified atom stereocenters. The van der Waals surface area contributed by atoms with E-state index in [1.807, 2.05) is 0 Å². The van der Waals surface area contributed by atoms with Crippen molar-refractivity contribution in [3.63, 3.8) is 0 Å². The normalized spacial score (nSPS) is 13.4. The highest BCUT2D eigenvalue weighted by Crippen LogP contribution is 2.26. The van der Waals surface area contributed by atoms with Gasteiger partial charge in [-0.15, -0.1) is 10.2 Å². The van der Waals surface area contributed by atoms with Crippen molar-refractivity contribution < 1.29 is 17.7 Å². The van der Waals surface area contributed by atoms with Crippen LogP contribution < -0.4 is 9.46 Å². The molecule has 0 saturated carbocycles. The number of halogens is 1. The fourth-order valence-corrected chi connectivity index (χ4v) is 4.46. The topological polar surface area (TPSA) is 151 Å². The third-order valence-electron chi connectivity index (χ3n) is 5.21. The molecule has 1 N–H and O–H groups in total. The largest absolute Gasteiger partial charge is 0.481 e. The fourth-order valence-electron chi connectivity index (χ4n) is 3.11. The van der Waals surface area contributed by atoms with Crippen molar-refractivity contribution in [3.05, 3.63) is 59.5 Å². The molecule has 178 valence electrons. The second kappa shape index (κ2) is 9.73. The molecule has 0 aromatic carbocycles. The van der Waals surface area contributed by atoms with Crippen molar-refractivity contribution in [1.82, 2.24) is 34.9 Å². The summed E-state index contributed by atoms with van der Waals surface area (Å²) in [5.41, 5.74) is 1.13. The molecule has 0 bridgehead atoms. The number of nitrogens with one attached hydrogen (secondary N) is 1. The molecule has 4 rings (SSSR count). The minimum atomic E-state index is -3.92. The van der Waals surface area contributed by atoms with Crippen molar-refractivity contribution in [1.29, 1.82) is 0 Å². The van der Waals surface area contributed by atoms with Crippen LogP contribution in [0.5, 0.6) is 5.88 Å². The minimum Gasteiger partial charge on any atom is -0.481 e. The van der Waals surface area contributed by atoms with E-state index in [9.17, 15) is 8.42 Å².